The molecule has 1 aromatic carbocycles. The minimum atomic E-state index is -0.589. The molecule has 2 aromatic rings. The van der Waals surface area contributed by atoms with E-state index in [2.05, 4.69) is 15.1 Å². The van der Waals surface area contributed by atoms with Crippen molar-refractivity contribution < 1.29 is 14.3 Å². The van der Waals surface area contributed by atoms with Gasteiger partial charge in [-0.05, 0) is 31.7 Å². The molecule has 9 heteroatoms. The zero-order chi connectivity index (χ0) is 18.4. The molecule has 138 valence electrons. The Morgan fingerprint density at radius 3 is 2.88 bits per heavy atom. The fourth-order valence-electron chi connectivity index (χ4n) is 3.71. The summed E-state index contributed by atoms with van der Waals surface area (Å²) >= 11 is 5.89. The number of fused-ring (bicyclic) bond motifs is 1. The number of aliphatic hydroxyl groups is 1. The number of hydrogen-bond acceptors (Lipinski definition) is 5. The molecule has 0 unspecified atom stereocenters. The lowest BCUT2D eigenvalue weighted by Crippen LogP contribution is -2.39. The van der Waals surface area contributed by atoms with Crippen LogP contribution in [0.1, 0.15) is 34.5 Å². The molecule has 0 saturated carbocycles. The van der Waals surface area contributed by atoms with E-state index in [-0.39, 0.29) is 24.3 Å². The summed E-state index contributed by atoms with van der Waals surface area (Å²) in [6.45, 7) is 1.83. The average Bonchev–Trinajstić information content (AvgIpc) is 3.18. The van der Waals surface area contributed by atoms with Crippen LogP contribution in [0.25, 0.3) is 0 Å². The highest BCUT2D eigenvalue weighted by Crippen LogP contribution is 2.31. The average molecular weight is 380 g/mol. The van der Waals surface area contributed by atoms with Crippen molar-refractivity contribution in [2.75, 3.05) is 20.1 Å². The van der Waals surface area contributed by atoms with Crippen LogP contribution in [-0.4, -0.2) is 61.8 Å². The Balaban J connectivity index is 1.56. The monoisotopic (exact) mass is 379 g/mol. The smallest absolute Gasteiger partial charge is 0.257 e. The molecule has 1 aromatic heterocycles. The molecule has 2 aliphatic heterocycles. The first-order valence-electron chi connectivity index (χ1n) is 8.48. The van der Waals surface area contributed by atoms with Crippen molar-refractivity contribution >= 4 is 17.5 Å². The van der Waals surface area contributed by atoms with Crippen LogP contribution >= 0.6 is 11.6 Å². The number of benzene rings is 1. The predicted octanol–water partition coefficient (Wildman–Crippen LogP) is 1.46. The normalized spacial score (nSPS) is 23.3. The van der Waals surface area contributed by atoms with Gasteiger partial charge in [-0.1, -0.05) is 11.6 Å². The first-order valence-corrected chi connectivity index (χ1v) is 8.86. The largest absolute Gasteiger partial charge is 0.392 e. The van der Waals surface area contributed by atoms with Crippen LogP contribution in [0.3, 0.4) is 0 Å². The van der Waals surface area contributed by atoms with Crippen LogP contribution < -0.4 is 0 Å². The lowest BCUT2D eigenvalue weighted by Gasteiger charge is -2.29. The van der Waals surface area contributed by atoms with Gasteiger partial charge in [-0.2, -0.15) is 0 Å². The van der Waals surface area contributed by atoms with Crippen LogP contribution in [0.5, 0.6) is 0 Å². The van der Waals surface area contributed by atoms with Crippen molar-refractivity contribution in [3.05, 3.63) is 46.3 Å². The lowest BCUT2D eigenvalue weighted by molar-refractivity contribution is 0.0700. The summed E-state index contributed by atoms with van der Waals surface area (Å²) in [5, 5.41) is 18.7. The number of rotatable bonds is 2. The summed E-state index contributed by atoms with van der Waals surface area (Å²) in [5.74, 6) is 0.472. The Labute approximate surface area is 155 Å². The number of nitrogens with zero attached hydrogens (tertiary/aromatic N) is 5. The minimum absolute atomic E-state index is 0.0128. The van der Waals surface area contributed by atoms with E-state index >= 15 is 0 Å². The maximum atomic E-state index is 14.0. The molecule has 2 aliphatic rings. The number of carbonyl (C=O) groups is 1. The molecule has 4 rings (SSSR count). The minimum Gasteiger partial charge on any atom is -0.392 e. The van der Waals surface area contributed by atoms with Gasteiger partial charge in [0.25, 0.3) is 5.91 Å². The van der Waals surface area contributed by atoms with Gasteiger partial charge in [0.2, 0.25) is 0 Å². The standard InChI is InChI=1S/C17H19ClFN5O2/c1-22-8-11(25)7-14(22)16-21-20-15-9-23(4-5-24(15)16)17(26)12-6-10(18)2-3-13(12)19/h2-3,6,11,14,25H,4-5,7-9H2,1H3/t11-,14+/m1/s1. The molecule has 1 N–H and O–H groups in total. The maximum absolute atomic E-state index is 14.0. The number of amides is 1. The number of aromatic nitrogens is 3. The molecule has 0 spiro atoms. The lowest BCUT2D eigenvalue weighted by atomic mass is 10.1. The molecule has 1 amide bonds. The highest BCUT2D eigenvalue weighted by Gasteiger charge is 2.35. The Bertz CT molecular complexity index is 858. The van der Waals surface area contributed by atoms with Crippen LogP contribution in [0.4, 0.5) is 4.39 Å². The van der Waals surface area contributed by atoms with Crippen LogP contribution in [0.2, 0.25) is 5.02 Å². The van der Waals surface area contributed by atoms with Gasteiger partial charge in [0.1, 0.15) is 5.82 Å². The fourth-order valence-corrected chi connectivity index (χ4v) is 3.88. The van der Waals surface area contributed by atoms with Gasteiger partial charge in [-0.25, -0.2) is 4.39 Å². The number of β-amino-alcohol motifs (C(OH)–C–C–N with tert-alkyl or cyclic N) is 1. The van der Waals surface area contributed by atoms with Crippen LogP contribution in [0, 0.1) is 5.82 Å². The maximum Gasteiger partial charge on any atom is 0.257 e. The van der Waals surface area contributed by atoms with Gasteiger partial charge in [-0.15, -0.1) is 10.2 Å². The van der Waals surface area contributed by atoms with Gasteiger partial charge in [0.05, 0.1) is 24.3 Å². The van der Waals surface area contributed by atoms with Gasteiger partial charge >= 0.3 is 0 Å². The number of halogens is 2. The molecule has 7 nitrogen and oxygen atoms in total. The summed E-state index contributed by atoms with van der Waals surface area (Å²) in [5.41, 5.74) is -0.0377. The van der Waals surface area contributed by atoms with Crippen molar-refractivity contribution in [3.8, 4) is 0 Å². The van der Waals surface area contributed by atoms with E-state index in [4.69, 9.17) is 11.6 Å². The molecule has 26 heavy (non-hydrogen) atoms. The van der Waals surface area contributed by atoms with Crippen molar-refractivity contribution in [2.45, 2.75) is 31.7 Å². The summed E-state index contributed by atoms with van der Waals surface area (Å²) in [6.07, 6.45) is 0.246. The summed E-state index contributed by atoms with van der Waals surface area (Å²) in [7, 11) is 1.95. The molecular formula is C17H19ClFN5O2. The van der Waals surface area contributed by atoms with E-state index in [0.29, 0.717) is 36.9 Å². The molecule has 0 radical (unpaired) electrons. The third-order valence-electron chi connectivity index (χ3n) is 5.05. The quantitative estimate of drug-likeness (QED) is 0.855. The predicted molar refractivity (Wildman–Crippen MR) is 92.2 cm³/mol. The van der Waals surface area contributed by atoms with Gasteiger partial charge < -0.3 is 14.6 Å². The van der Waals surface area contributed by atoms with E-state index < -0.39 is 11.7 Å². The SMILES string of the molecule is CN1C[C@H](O)C[C@H]1c1nnc2n1CCN(C(=O)c1cc(Cl)ccc1F)C2. The molecule has 0 bridgehead atoms. The van der Waals surface area contributed by atoms with E-state index in [0.717, 1.165) is 5.82 Å². The zero-order valence-corrected chi connectivity index (χ0v) is 15.0. The third-order valence-corrected chi connectivity index (χ3v) is 5.29. The number of hydrogen-bond donors (Lipinski definition) is 1. The topological polar surface area (TPSA) is 74.5 Å². The highest BCUT2D eigenvalue weighted by molar-refractivity contribution is 6.31. The first-order chi connectivity index (χ1) is 12.4. The van der Waals surface area contributed by atoms with Crippen molar-refractivity contribution in [2.24, 2.45) is 0 Å². The highest BCUT2D eigenvalue weighted by atomic mass is 35.5. The number of likely N-dealkylation sites (N-methyl/N-ethyl adjacent to an activating group) is 1. The first kappa shape index (κ1) is 17.4. The summed E-state index contributed by atoms with van der Waals surface area (Å²) < 4.78 is 16.0. The van der Waals surface area contributed by atoms with Crippen molar-refractivity contribution in [1.29, 1.82) is 0 Å². The molecule has 0 aliphatic carbocycles. The van der Waals surface area contributed by atoms with E-state index in [1.54, 1.807) is 4.90 Å². The van der Waals surface area contributed by atoms with Gasteiger partial charge in [0, 0.05) is 24.7 Å². The van der Waals surface area contributed by atoms with Crippen LogP contribution in [0.15, 0.2) is 18.2 Å². The zero-order valence-electron chi connectivity index (χ0n) is 14.3. The molecular weight excluding hydrogens is 361 g/mol. The Kier molecular flexibility index (Phi) is 4.42. The second-order valence-corrected chi connectivity index (χ2v) is 7.26. The van der Waals surface area contributed by atoms with E-state index in [9.17, 15) is 14.3 Å². The molecule has 1 saturated heterocycles. The summed E-state index contributed by atoms with van der Waals surface area (Å²) in [4.78, 5) is 16.3. The molecule has 1 fully saturated rings. The molecule has 2 atom stereocenters. The van der Waals surface area contributed by atoms with Crippen LogP contribution in [-0.2, 0) is 13.1 Å². The number of carbonyl (C=O) groups excluding carboxylic acids is 1. The fraction of sp³-hybridized carbons (Fsp3) is 0.471. The Morgan fingerprint density at radius 2 is 2.15 bits per heavy atom. The Morgan fingerprint density at radius 1 is 1.35 bits per heavy atom. The van der Waals surface area contributed by atoms with Crippen molar-refractivity contribution in [3.63, 3.8) is 0 Å². The van der Waals surface area contributed by atoms with Crippen molar-refractivity contribution in [1.82, 2.24) is 24.6 Å². The second-order valence-electron chi connectivity index (χ2n) is 6.82. The third kappa shape index (κ3) is 2.98. The van der Waals surface area contributed by atoms with E-state index in [1.807, 2.05) is 11.6 Å². The number of likely N-dealkylation sites (tertiary alicyclic amines) is 1. The van der Waals surface area contributed by atoms with E-state index in [1.165, 1.54) is 18.2 Å². The van der Waals surface area contributed by atoms with Gasteiger partial charge in [0.15, 0.2) is 11.6 Å². The van der Waals surface area contributed by atoms with Gasteiger partial charge in [-0.3, -0.25) is 9.69 Å². The second kappa shape index (κ2) is 6.61. The Hall–Kier alpha value is -2.03. The summed E-state index contributed by atoms with van der Waals surface area (Å²) in [6, 6.07) is 3.97. The number of aliphatic hydroxyl groups excluding tert-OH is 1. The molecule has 3 heterocycles.